The van der Waals surface area contributed by atoms with Crippen LogP contribution in [0.25, 0.3) is 11.5 Å². The summed E-state index contributed by atoms with van der Waals surface area (Å²) in [5, 5.41) is 9.69. The van der Waals surface area contributed by atoms with Gasteiger partial charge in [0.25, 0.3) is 5.56 Å². The van der Waals surface area contributed by atoms with Gasteiger partial charge >= 0.3 is 5.97 Å². The van der Waals surface area contributed by atoms with Gasteiger partial charge in [-0.2, -0.15) is 15.4 Å². The van der Waals surface area contributed by atoms with Crippen LogP contribution in [0, 0.1) is 0 Å². The Hall–Kier alpha value is -2.51. The van der Waals surface area contributed by atoms with Crippen molar-refractivity contribution in [3.8, 4) is 11.5 Å². The molecule has 0 amide bonds. The van der Waals surface area contributed by atoms with Crippen molar-refractivity contribution >= 4 is 5.97 Å². The minimum absolute atomic E-state index is 0.158. The zero-order valence-electron chi connectivity index (χ0n) is 8.22. The third-order valence-electron chi connectivity index (χ3n) is 1.86. The quantitative estimate of drug-likeness (QED) is 0.651. The molecule has 0 spiro atoms. The number of ether oxygens (including phenoxy) is 1. The molecule has 82 valence electrons. The molecule has 0 saturated carbocycles. The Morgan fingerprint density at radius 1 is 1.44 bits per heavy atom. The monoisotopic (exact) mass is 221 g/mol. The van der Waals surface area contributed by atoms with E-state index in [4.69, 9.17) is 0 Å². The first kappa shape index (κ1) is 10.0. The Morgan fingerprint density at radius 3 is 2.81 bits per heavy atom. The molecule has 0 aliphatic rings. The first-order valence-electron chi connectivity index (χ1n) is 4.26. The summed E-state index contributed by atoms with van der Waals surface area (Å²) in [6.07, 6.45) is 2.53. The van der Waals surface area contributed by atoms with Crippen LogP contribution in [0.5, 0.6) is 0 Å². The van der Waals surface area contributed by atoms with Crippen LogP contribution in [0.4, 0.5) is 0 Å². The summed E-state index contributed by atoms with van der Waals surface area (Å²) in [4.78, 5) is 28.9. The molecular weight excluding hydrogens is 214 g/mol. The highest BCUT2D eigenvalue weighted by atomic mass is 16.5. The number of nitrogens with one attached hydrogen (secondary N) is 2. The maximum atomic E-state index is 11.5. The van der Waals surface area contributed by atoms with Crippen molar-refractivity contribution in [2.75, 3.05) is 7.11 Å². The van der Waals surface area contributed by atoms with E-state index < -0.39 is 11.5 Å². The number of esters is 1. The van der Waals surface area contributed by atoms with E-state index in [1.54, 1.807) is 0 Å². The van der Waals surface area contributed by atoms with Crippen molar-refractivity contribution in [1.82, 2.24) is 25.4 Å². The second-order valence-corrected chi connectivity index (χ2v) is 2.82. The van der Waals surface area contributed by atoms with Crippen molar-refractivity contribution in [2.24, 2.45) is 0 Å². The highest BCUT2D eigenvalue weighted by molar-refractivity contribution is 5.88. The van der Waals surface area contributed by atoms with Gasteiger partial charge in [0.05, 0.1) is 13.3 Å². The van der Waals surface area contributed by atoms with Crippen molar-refractivity contribution in [1.29, 1.82) is 0 Å². The van der Waals surface area contributed by atoms with Crippen LogP contribution in [0.1, 0.15) is 10.4 Å². The highest BCUT2D eigenvalue weighted by Gasteiger charge is 2.13. The first-order chi connectivity index (χ1) is 7.72. The zero-order chi connectivity index (χ0) is 11.5. The van der Waals surface area contributed by atoms with Gasteiger partial charge in [-0.15, -0.1) is 0 Å². The van der Waals surface area contributed by atoms with Gasteiger partial charge in [0.2, 0.25) is 0 Å². The van der Waals surface area contributed by atoms with Gasteiger partial charge in [0.1, 0.15) is 11.3 Å². The van der Waals surface area contributed by atoms with Crippen molar-refractivity contribution < 1.29 is 9.53 Å². The SMILES string of the molecule is COC(=O)c1cnc(-c2cn[nH]n2)[nH]c1=O. The second-order valence-electron chi connectivity index (χ2n) is 2.82. The molecule has 2 N–H and O–H groups in total. The number of H-pyrrole nitrogens is 2. The van der Waals surface area contributed by atoms with Crippen LogP contribution < -0.4 is 5.56 Å². The standard InChI is InChI=1S/C8H7N5O3/c1-16-8(15)4-2-9-6(11-7(4)14)5-3-10-13-12-5/h2-3H,1H3,(H,9,11,14)(H,10,12,13). The molecule has 0 saturated heterocycles. The average molecular weight is 221 g/mol. The third kappa shape index (κ3) is 1.67. The predicted octanol–water partition coefficient (Wildman–Crippen LogP) is -0.658. The van der Waals surface area contributed by atoms with E-state index in [1.807, 2.05) is 0 Å². The molecule has 0 aromatic carbocycles. The lowest BCUT2D eigenvalue weighted by atomic mass is 10.3. The number of carbonyl (C=O) groups excluding carboxylic acids is 1. The fourth-order valence-electron chi connectivity index (χ4n) is 1.10. The molecule has 8 heteroatoms. The first-order valence-corrected chi connectivity index (χ1v) is 4.26. The zero-order valence-corrected chi connectivity index (χ0v) is 8.22. The van der Waals surface area contributed by atoms with E-state index in [0.717, 1.165) is 6.20 Å². The normalized spacial score (nSPS) is 10.1. The number of nitrogens with zero attached hydrogens (tertiary/aromatic N) is 3. The van der Waals surface area contributed by atoms with Gasteiger partial charge < -0.3 is 9.72 Å². The Balaban J connectivity index is 2.45. The summed E-state index contributed by atoms with van der Waals surface area (Å²) in [5.41, 5.74) is -0.358. The molecule has 0 aliphatic carbocycles. The summed E-state index contributed by atoms with van der Waals surface area (Å²) in [5.74, 6) is -0.508. The second kappa shape index (κ2) is 3.93. The molecule has 0 unspecified atom stereocenters. The number of hydrogen-bond donors (Lipinski definition) is 2. The smallest absolute Gasteiger partial charge is 0.345 e. The summed E-state index contributed by atoms with van der Waals surface area (Å²) in [6, 6.07) is 0. The molecule has 2 rings (SSSR count). The highest BCUT2D eigenvalue weighted by Crippen LogP contribution is 2.06. The molecule has 8 nitrogen and oxygen atoms in total. The Labute approximate surface area is 88.7 Å². The van der Waals surface area contributed by atoms with Crippen molar-refractivity contribution in [3.63, 3.8) is 0 Å². The lowest BCUT2D eigenvalue weighted by Gasteiger charge is -1.98. The van der Waals surface area contributed by atoms with Gasteiger partial charge in [-0.1, -0.05) is 0 Å². The van der Waals surface area contributed by atoms with E-state index in [0.29, 0.717) is 5.69 Å². The maximum Gasteiger partial charge on any atom is 0.345 e. The Kier molecular flexibility index (Phi) is 2.46. The predicted molar refractivity (Wildman–Crippen MR) is 51.6 cm³/mol. The summed E-state index contributed by atoms with van der Waals surface area (Å²) in [7, 11) is 1.19. The molecular formula is C8H7N5O3. The average Bonchev–Trinajstić information content (AvgIpc) is 2.81. The van der Waals surface area contributed by atoms with Crippen LogP contribution in [0.15, 0.2) is 17.2 Å². The molecule has 0 fully saturated rings. The maximum absolute atomic E-state index is 11.5. The van der Waals surface area contributed by atoms with Crippen molar-refractivity contribution in [2.45, 2.75) is 0 Å². The van der Waals surface area contributed by atoms with E-state index in [-0.39, 0.29) is 11.4 Å². The Bertz CT molecular complexity index is 559. The third-order valence-corrected chi connectivity index (χ3v) is 1.86. The molecule has 0 aliphatic heterocycles. The van der Waals surface area contributed by atoms with Gasteiger partial charge in [0.15, 0.2) is 5.82 Å². The fraction of sp³-hybridized carbons (Fsp3) is 0.125. The number of carbonyl (C=O) groups is 1. The molecule has 0 bridgehead atoms. The van der Waals surface area contributed by atoms with E-state index in [2.05, 4.69) is 30.1 Å². The van der Waals surface area contributed by atoms with Gasteiger partial charge in [-0.25, -0.2) is 9.78 Å². The summed E-state index contributed by atoms with van der Waals surface area (Å²) in [6.45, 7) is 0. The lowest BCUT2D eigenvalue weighted by Crippen LogP contribution is -2.20. The topological polar surface area (TPSA) is 114 Å². The molecule has 2 aromatic rings. The van der Waals surface area contributed by atoms with Gasteiger partial charge in [-0.3, -0.25) is 4.79 Å². The fourth-order valence-corrected chi connectivity index (χ4v) is 1.10. The molecule has 0 atom stereocenters. The summed E-state index contributed by atoms with van der Waals surface area (Å²) >= 11 is 0. The van der Waals surface area contributed by atoms with Gasteiger partial charge in [0, 0.05) is 6.20 Å². The minimum atomic E-state index is -0.736. The molecule has 2 aromatic heterocycles. The largest absolute Gasteiger partial charge is 0.465 e. The molecule has 2 heterocycles. The van der Waals surface area contributed by atoms with Crippen LogP contribution in [-0.4, -0.2) is 38.5 Å². The van der Waals surface area contributed by atoms with Crippen molar-refractivity contribution in [3.05, 3.63) is 28.3 Å². The number of aromatic amines is 2. The number of methoxy groups -OCH3 is 1. The van der Waals surface area contributed by atoms with Crippen LogP contribution in [0.3, 0.4) is 0 Å². The Morgan fingerprint density at radius 2 is 2.25 bits per heavy atom. The molecule has 16 heavy (non-hydrogen) atoms. The van der Waals surface area contributed by atoms with Crippen LogP contribution >= 0.6 is 0 Å². The van der Waals surface area contributed by atoms with E-state index in [9.17, 15) is 9.59 Å². The van der Waals surface area contributed by atoms with Gasteiger partial charge in [-0.05, 0) is 0 Å². The van der Waals surface area contributed by atoms with E-state index in [1.165, 1.54) is 13.3 Å². The number of aromatic nitrogens is 5. The minimum Gasteiger partial charge on any atom is -0.465 e. The lowest BCUT2D eigenvalue weighted by molar-refractivity contribution is 0.0598. The summed E-state index contributed by atoms with van der Waals surface area (Å²) < 4.78 is 4.41. The number of rotatable bonds is 2. The van der Waals surface area contributed by atoms with Crippen LogP contribution in [-0.2, 0) is 4.74 Å². The van der Waals surface area contributed by atoms with E-state index >= 15 is 0 Å². The number of hydrogen-bond acceptors (Lipinski definition) is 6. The van der Waals surface area contributed by atoms with Crippen LogP contribution in [0.2, 0.25) is 0 Å². The molecule has 0 radical (unpaired) electrons.